The first-order valence-electron chi connectivity index (χ1n) is 9.68. The number of rotatable bonds is 9. The van der Waals surface area contributed by atoms with E-state index in [1.807, 2.05) is 11.8 Å². The van der Waals surface area contributed by atoms with E-state index in [-0.39, 0.29) is 17.3 Å². The van der Waals surface area contributed by atoms with Crippen molar-refractivity contribution in [3.63, 3.8) is 0 Å². The minimum absolute atomic E-state index is 0.0626. The average Bonchev–Trinajstić information content (AvgIpc) is 3.24. The summed E-state index contributed by atoms with van der Waals surface area (Å²) in [5.74, 6) is -0.0776. The van der Waals surface area contributed by atoms with Crippen LogP contribution in [0, 0.1) is 5.82 Å². The Morgan fingerprint density at radius 2 is 1.72 bits per heavy atom. The van der Waals surface area contributed by atoms with Crippen molar-refractivity contribution >= 4 is 33.4 Å². The molecule has 156 valence electrons. The summed E-state index contributed by atoms with van der Waals surface area (Å²) in [6.45, 7) is 0.164. The first kappa shape index (κ1) is 21.6. The van der Waals surface area contributed by atoms with E-state index in [9.17, 15) is 17.6 Å². The summed E-state index contributed by atoms with van der Waals surface area (Å²) in [7, 11) is -4.01. The highest BCUT2D eigenvalue weighted by Crippen LogP contribution is 2.29. The number of hydrogen-bond acceptors (Lipinski definition) is 4. The molecule has 0 bridgehead atoms. The molecule has 8 heteroatoms. The van der Waals surface area contributed by atoms with Crippen LogP contribution in [0.3, 0.4) is 0 Å². The van der Waals surface area contributed by atoms with Gasteiger partial charge in [0.25, 0.3) is 10.0 Å². The van der Waals surface area contributed by atoms with E-state index < -0.39 is 15.8 Å². The van der Waals surface area contributed by atoms with Crippen molar-refractivity contribution in [3.8, 4) is 0 Å². The summed E-state index contributed by atoms with van der Waals surface area (Å²) < 4.78 is 40.5. The van der Waals surface area contributed by atoms with Gasteiger partial charge < -0.3 is 5.32 Å². The number of thioether (sulfide) groups is 1. The number of para-hydroxylation sites is 1. The van der Waals surface area contributed by atoms with Crippen molar-refractivity contribution in [1.82, 2.24) is 5.32 Å². The van der Waals surface area contributed by atoms with E-state index in [0.29, 0.717) is 17.5 Å². The molecule has 0 aromatic heterocycles. The Labute approximate surface area is 175 Å². The molecule has 1 aliphatic rings. The molecule has 0 saturated heterocycles. The van der Waals surface area contributed by atoms with Crippen LogP contribution in [0.1, 0.15) is 25.7 Å². The molecular formula is C21H25FN2O3S2. The van der Waals surface area contributed by atoms with Crippen molar-refractivity contribution in [3.05, 3.63) is 60.4 Å². The van der Waals surface area contributed by atoms with Crippen LogP contribution in [-0.4, -0.2) is 38.4 Å². The van der Waals surface area contributed by atoms with Crippen molar-refractivity contribution in [2.45, 2.75) is 35.8 Å². The summed E-state index contributed by atoms with van der Waals surface area (Å²) >= 11 is 1.86. The first-order chi connectivity index (χ1) is 14.0. The summed E-state index contributed by atoms with van der Waals surface area (Å²) in [5, 5.41) is 3.49. The van der Waals surface area contributed by atoms with Crippen LogP contribution in [0.5, 0.6) is 0 Å². The van der Waals surface area contributed by atoms with Crippen molar-refractivity contribution in [2.24, 2.45) is 0 Å². The van der Waals surface area contributed by atoms with Gasteiger partial charge in [-0.2, -0.15) is 11.8 Å². The van der Waals surface area contributed by atoms with Gasteiger partial charge in [0.15, 0.2) is 0 Å². The zero-order valence-electron chi connectivity index (χ0n) is 16.1. The molecule has 2 aromatic rings. The zero-order valence-corrected chi connectivity index (χ0v) is 17.7. The molecule has 1 amide bonds. The van der Waals surface area contributed by atoms with Gasteiger partial charge in [0.1, 0.15) is 12.4 Å². The highest BCUT2D eigenvalue weighted by molar-refractivity contribution is 7.99. The fraction of sp³-hybridized carbons (Fsp3) is 0.381. The van der Waals surface area contributed by atoms with Gasteiger partial charge in [0.2, 0.25) is 5.91 Å². The smallest absolute Gasteiger partial charge is 0.264 e. The summed E-state index contributed by atoms with van der Waals surface area (Å²) in [6, 6.07) is 13.0. The minimum Gasteiger partial charge on any atom is -0.354 e. The fourth-order valence-corrected chi connectivity index (χ4v) is 5.94. The Hall–Kier alpha value is -2.06. The summed E-state index contributed by atoms with van der Waals surface area (Å²) in [6.07, 6.45) is 5.02. The maximum Gasteiger partial charge on any atom is 0.264 e. The number of carbonyl (C=O) groups is 1. The SMILES string of the molecule is O=C(CN(c1ccccc1)S(=O)(=O)c1ccc(F)cc1)NCCSC1CCCC1. The molecule has 0 radical (unpaired) electrons. The predicted molar refractivity (Wildman–Crippen MR) is 115 cm³/mol. The summed E-state index contributed by atoms with van der Waals surface area (Å²) in [4.78, 5) is 12.4. The van der Waals surface area contributed by atoms with Crippen molar-refractivity contribution in [2.75, 3.05) is 23.1 Å². The molecule has 0 atom stereocenters. The Bertz CT molecular complexity index is 899. The monoisotopic (exact) mass is 436 g/mol. The quantitative estimate of drug-likeness (QED) is 0.607. The second-order valence-electron chi connectivity index (χ2n) is 6.93. The number of benzene rings is 2. The van der Waals surface area contributed by atoms with Crippen LogP contribution in [0.15, 0.2) is 59.5 Å². The Kier molecular flexibility index (Phi) is 7.55. The number of carbonyl (C=O) groups excluding carboxylic acids is 1. The third kappa shape index (κ3) is 5.96. The number of nitrogens with one attached hydrogen (secondary N) is 1. The molecule has 1 saturated carbocycles. The van der Waals surface area contributed by atoms with Crippen LogP contribution in [0.25, 0.3) is 0 Å². The number of amides is 1. The Morgan fingerprint density at radius 3 is 2.38 bits per heavy atom. The molecule has 2 aromatic carbocycles. The van der Waals surface area contributed by atoms with Crippen LogP contribution in [-0.2, 0) is 14.8 Å². The number of halogens is 1. The topological polar surface area (TPSA) is 66.5 Å². The fourth-order valence-electron chi connectivity index (χ4n) is 3.30. The first-order valence-corrected chi connectivity index (χ1v) is 12.2. The Morgan fingerprint density at radius 1 is 1.07 bits per heavy atom. The van der Waals surface area contributed by atoms with Gasteiger partial charge in [-0.1, -0.05) is 31.0 Å². The maximum absolute atomic E-state index is 13.2. The van der Waals surface area contributed by atoms with Gasteiger partial charge in [-0.15, -0.1) is 0 Å². The van der Waals surface area contributed by atoms with Crippen molar-refractivity contribution < 1.29 is 17.6 Å². The zero-order chi connectivity index (χ0) is 20.7. The van der Waals surface area contributed by atoms with E-state index in [0.717, 1.165) is 22.2 Å². The van der Waals surface area contributed by atoms with Crippen LogP contribution >= 0.6 is 11.8 Å². The molecule has 0 spiro atoms. The second kappa shape index (κ2) is 10.1. The molecule has 0 unspecified atom stereocenters. The predicted octanol–water partition coefficient (Wildman–Crippen LogP) is 3.81. The van der Waals surface area contributed by atoms with Gasteiger partial charge >= 0.3 is 0 Å². The summed E-state index contributed by atoms with van der Waals surface area (Å²) in [5.41, 5.74) is 0.382. The highest BCUT2D eigenvalue weighted by Gasteiger charge is 2.27. The average molecular weight is 437 g/mol. The molecule has 1 aliphatic carbocycles. The number of anilines is 1. The van der Waals surface area contributed by atoms with Crippen LogP contribution in [0.4, 0.5) is 10.1 Å². The lowest BCUT2D eigenvalue weighted by atomic mass is 10.3. The largest absolute Gasteiger partial charge is 0.354 e. The molecule has 29 heavy (non-hydrogen) atoms. The lowest BCUT2D eigenvalue weighted by Crippen LogP contribution is -2.41. The van der Waals surface area contributed by atoms with Crippen LogP contribution in [0.2, 0.25) is 0 Å². The molecule has 1 fully saturated rings. The number of hydrogen-bond donors (Lipinski definition) is 1. The van der Waals surface area contributed by atoms with E-state index >= 15 is 0 Å². The van der Waals surface area contributed by atoms with Crippen molar-refractivity contribution in [1.29, 1.82) is 0 Å². The molecule has 5 nitrogen and oxygen atoms in total. The second-order valence-corrected chi connectivity index (χ2v) is 10.2. The standard InChI is InChI=1S/C21H25FN2O3S2/c22-17-10-12-20(13-11-17)29(26,27)24(18-6-2-1-3-7-18)16-21(25)23-14-15-28-19-8-4-5-9-19/h1-3,6-7,10-13,19H,4-5,8-9,14-16H2,(H,23,25). The van der Waals surface area contributed by atoms with Crippen LogP contribution < -0.4 is 9.62 Å². The number of nitrogens with zero attached hydrogens (tertiary/aromatic N) is 1. The highest BCUT2D eigenvalue weighted by atomic mass is 32.2. The van der Waals surface area contributed by atoms with E-state index in [4.69, 9.17) is 0 Å². The van der Waals surface area contributed by atoms with Gasteiger partial charge in [-0.3, -0.25) is 9.10 Å². The number of sulfonamides is 1. The molecule has 0 aliphatic heterocycles. The molecule has 3 rings (SSSR count). The van der Waals surface area contributed by atoms with Gasteiger partial charge in [0.05, 0.1) is 10.6 Å². The van der Waals surface area contributed by atoms with E-state index in [2.05, 4.69) is 5.32 Å². The minimum atomic E-state index is -4.01. The lowest BCUT2D eigenvalue weighted by molar-refractivity contribution is -0.119. The van der Waals surface area contributed by atoms with Gasteiger partial charge in [-0.25, -0.2) is 12.8 Å². The maximum atomic E-state index is 13.2. The lowest BCUT2D eigenvalue weighted by Gasteiger charge is -2.24. The third-order valence-corrected chi connectivity index (χ3v) is 7.98. The van der Waals surface area contributed by atoms with Gasteiger partial charge in [-0.05, 0) is 49.2 Å². The normalized spacial score (nSPS) is 14.7. The Balaban J connectivity index is 1.67. The van der Waals surface area contributed by atoms with Gasteiger partial charge in [0, 0.05) is 17.5 Å². The third-order valence-electron chi connectivity index (χ3n) is 4.81. The molecule has 1 N–H and O–H groups in total. The molecule has 0 heterocycles. The van der Waals surface area contributed by atoms with E-state index in [1.54, 1.807) is 30.3 Å². The van der Waals surface area contributed by atoms with E-state index in [1.165, 1.54) is 37.8 Å². The molecular weight excluding hydrogens is 411 g/mol.